The zero-order valence-corrected chi connectivity index (χ0v) is 8.33. The predicted molar refractivity (Wildman–Crippen MR) is 50.1 cm³/mol. The van der Waals surface area contributed by atoms with Gasteiger partial charge in [0.15, 0.2) is 0 Å². The van der Waals surface area contributed by atoms with E-state index in [-0.39, 0.29) is 11.3 Å². The van der Waals surface area contributed by atoms with Crippen LogP contribution in [0.3, 0.4) is 0 Å². The SMILES string of the molecule is Cc1c(F)cccc1N=C(Cl)C(F)(F)F. The van der Waals surface area contributed by atoms with Gasteiger partial charge in [-0.1, -0.05) is 17.7 Å². The van der Waals surface area contributed by atoms with Crippen molar-refractivity contribution in [3.05, 3.63) is 29.6 Å². The van der Waals surface area contributed by atoms with Crippen LogP contribution in [-0.2, 0) is 0 Å². The van der Waals surface area contributed by atoms with E-state index >= 15 is 0 Å². The number of aliphatic imine (C=N–C) groups is 1. The second-order valence-electron chi connectivity index (χ2n) is 2.78. The van der Waals surface area contributed by atoms with Crippen molar-refractivity contribution in [3.63, 3.8) is 0 Å². The normalized spacial score (nSPS) is 13.1. The van der Waals surface area contributed by atoms with E-state index in [2.05, 4.69) is 4.99 Å². The standard InChI is InChI=1S/C9H6ClF4N/c1-5-6(11)3-2-4-7(5)15-8(10)9(12,13)14/h2-4H,1H3. The highest BCUT2D eigenvalue weighted by Crippen LogP contribution is 2.26. The number of benzene rings is 1. The molecule has 0 N–H and O–H groups in total. The molecular formula is C9H6ClF4N. The lowest BCUT2D eigenvalue weighted by molar-refractivity contribution is -0.0558. The molecule has 0 saturated heterocycles. The summed E-state index contributed by atoms with van der Waals surface area (Å²) in [5.41, 5.74) is -0.0998. The van der Waals surface area contributed by atoms with E-state index in [0.29, 0.717) is 0 Å². The summed E-state index contributed by atoms with van der Waals surface area (Å²) in [5, 5.41) is -1.52. The molecule has 1 rings (SSSR count). The summed E-state index contributed by atoms with van der Waals surface area (Å²) in [5.74, 6) is -0.622. The lowest BCUT2D eigenvalue weighted by Crippen LogP contribution is -2.16. The van der Waals surface area contributed by atoms with Gasteiger partial charge in [0.2, 0.25) is 5.17 Å². The molecule has 0 radical (unpaired) electrons. The van der Waals surface area contributed by atoms with Crippen molar-refractivity contribution in [3.8, 4) is 0 Å². The Morgan fingerprint density at radius 1 is 1.33 bits per heavy atom. The van der Waals surface area contributed by atoms with Crippen LogP contribution in [0.5, 0.6) is 0 Å². The molecule has 0 heterocycles. The molecule has 0 spiro atoms. The number of nitrogens with zero attached hydrogens (tertiary/aromatic N) is 1. The minimum atomic E-state index is -4.71. The summed E-state index contributed by atoms with van der Waals surface area (Å²) < 4.78 is 49.0. The van der Waals surface area contributed by atoms with Gasteiger partial charge in [-0.25, -0.2) is 9.38 Å². The number of hydrogen-bond donors (Lipinski definition) is 0. The van der Waals surface area contributed by atoms with Crippen LogP contribution < -0.4 is 0 Å². The summed E-state index contributed by atoms with van der Waals surface area (Å²) in [4.78, 5) is 3.11. The lowest BCUT2D eigenvalue weighted by atomic mass is 10.2. The van der Waals surface area contributed by atoms with Gasteiger partial charge in [-0.3, -0.25) is 0 Å². The van der Waals surface area contributed by atoms with Crippen molar-refractivity contribution in [2.45, 2.75) is 13.1 Å². The summed E-state index contributed by atoms with van der Waals surface area (Å²) in [7, 11) is 0. The van der Waals surface area contributed by atoms with Gasteiger partial charge in [0, 0.05) is 5.56 Å². The molecule has 0 amide bonds. The molecule has 0 bridgehead atoms. The zero-order chi connectivity index (χ0) is 11.6. The van der Waals surface area contributed by atoms with E-state index < -0.39 is 17.2 Å². The van der Waals surface area contributed by atoms with E-state index in [0.717, 1.165) is 6.07 Å². The minimum Gasteiger partial charge on any atom is -0.232 e. The van der Waals surface area contributed by atoms with Gasteiger partial charge in [0.05, 0.1) is 5.69 Å². The second kappa shape index (κ2) is 4.18. The molecule has 0 aliphatic heterocycles. The van der Waals surface area contributed by atoms with Gasteiger partial charge in [0.25, 0.3) is 0 Å². The van der Waals surface area contributed by atoms with Crippen LogP contribution in [0.4, 0.5) is 23.2 Å². The van der Waals surface area contributed by atoms with Crippen LogP contribution in [-0.4, -0.2) is 11.3 Å². The molecule has 1 aromatic carbocycles. The largest absolute Gasteiger partial charge is 0.444 e. The Balaban J connectivity index is 3.15. The van der Waals surface area contributed by atoms with Crippen LogP contribution in [0.25, 0.3) is 0 Å². The molecule has 0 aliphatic carbocycles. The molecule has 1 aromatic rings. The Labute approximate surface area is 88.4 Å². The molecule has 82 valence electrons. The van der Waals surface area contributed by atoms with E-state index in [1.165, 1.54) is 19.1 Å². The highest BCUT2D eigenvalue weighted by Gasteiger charge is 2.34. The first-order valence-electron chi connectivity index (χ1n) is 3.89. The van der Waals surface area contributed by atoms with Crippen molar-refractivity contribution in [2.24, 2.45) is 4.99 Å². The summed E-state index contributed by atoms with van der Waals surface area (Å²) >= 11 is 4.92. The number of alkyl halides is 3. The Morgan fingerprint density at radius 3 is 2.47 bits per heavy atom. The number of halogens is 5. The monoisotopic (exact) mass is 239 g/mol. The van der Waals surface area contributed by atoms with Gasteiger partial charge in [-0.05, 0) is 19.1 Å². The molecule has 15 heavy (non-hydrogen) atoms. The number of hydrogen-bond acceptors (Lipinski definition) is 1. The third-order valence-electron chi connectivity index (χ3n) is 1.69. The average molecular weight is 240 g/mol. The van der Waals surface area contributed by atoms with Gasteiger partial charge in [-0.2, -0.15) is 13.2 Å². The second-order valence-corrected chi connectivity index (χ2v) is 3.14. The summed E-state index contributed by atoms with van der Waals surface area (Å²) in [6.45, 7) is 1.33. The van der Waals surface area contributed by atoms with Crippen molar-refractivity contribution in [1.82, 2.24) is 0 Å². The average Bonchev–Trinajstić information content (AvgIpc) is 2.11. The highest BCUT2D eigenvalue weighted by molar-refractivity contribution is 6.67. The van der Waals surface area contributed by atoms with E-state index in [1.54, 1.807) is 0 Å². The van der Waals surface area contributed by atoms with Crippen LogP contribution in [0.1, 0.15) is 5.56 Å². The van der Waals surface area contributed by atoms with Crippen LogP contribution in [0.2, 0.25) is 0 Å². The molecule has 1 nitrogen and oxygen atoms in total. The molecular weight excluding hydrogens is 234 g/mol. The first kappa shape index (κ1) is 12.0. The fourth-order valence-electron chi connectivity index (χ4n) is 0.886. The molecule has 0 unspecified atom stereocenters. The molecule has 0 atom stereocenters. The maximum atomic E-state index is 12.9. The van der Waals surface area contributed by atoms with Crippen LogP contribution in [0.15, 0.2) is 23.2 Å². The Morgan fingerprint density at radius 2 is 1.93 bits per heavy atom. The topological polar surface area (TPSA) is 12.4 Å². The smallest absolute Gasteiger partial charge is 0.232 e. The maximum absolute atomic E-state index is 12.9. The highest BCUT2D eigenvalue weighted by atomic mass is 35.5. The summed E-state index contributed by atoms with van der Waals surface area (Å²) in [6, 6.07) is 3.66. The summed E-state index contributed by atoms with van der Waals surface area (Å²) in [6.07, 6.45) is -4.71. The van der Waals surface area contributed by atoms with Gasteiger partial charge >= 0.3 is 6.18 Å². The van der Waals surface area contributed by atoms with Crippen LogP contribution >= 0.6 is 11.6 Å². The molecule has 0 aliphatic rings. The zero-order valence-electron chi connectivity index (χ0n) is 7.57. The first-order chi connectivity index (χ1) is 6.82. The Bertz CT molecular complexity index is 398. The fourth-order valence-corrected chi connectivity index (χ4v) is 0.977. The van der Waals surface area contributed by atoms with E-state index in [9.17, 15) is 17.6 Å². The van der Waals surface area contributed by atoms with Crippen molar-refractivity contribution >= 4 is 22.5 Å². The molecule has 0 saturated carbocycles. The molecule has 0 aromatic heterocycles. The molecule has 0 fully saturated rings. The Hall–Kier alpha value is -1.10. The predicted octanol–water partition coefficient (Wildman–Crippen LogP) is 3.97. The van der Waals surface area contributed by atoms with Gasteiger partial charge in [-0.15, -0.1) is 0 Å². The van der Waals surface area contributed by atoms with Crippen molar-refractivity contribution in [2.75, 3.05) is 0 Å². The molecule has 6 heteroatoms. The number of rotatable bonds is 1. The fraction of sp³-hybridized carbons (Fsp3) is 0.222. The third-order valence-corrected chi connectivity index (χ3v) is 1.99. The maximum Gasteiger partial charge on any atom is 0.444 e. The lowest BCUT2D eigenvalue weighted by Gasteiger charge is -2.05. The van der Waals surface area contributed by atoms with Gasteiger partial charge < -0.3 is 0 Å². The first-order valence-corrected chi connectivity index (χ1v) is 4.26. The van der Waals surface area contributed by atoms with Crippen molar-refractivity contribution < 1.29 is 17.6 Å². The minimum absolute atomic E-state index is 0.0277. The Kier molecular flexibility index (Phi) is 3.34. The third kappa shape index (κ3) is 2.92. The van der Waals surface area contributed by atoms with E-state index in [4.69, 9.17) is 11.6 Å². The quantitative estimate of drug-likeness (QED) is 0.519. The van der Waals surface area contributed by atoms with Crippen LogP contribution in [0, 0.1) is 12.7 Å². The van der Waals surface area contributed by atoms with E-state index in [1.807, 2.05) is 0 Å². The van der Waals surface area contributed by atoms with Crippen molar-refractivity contribution in [1.29, 1.82) is 0 Å². The van der Waals surface area contributed by atoms with Gasteiger partial charge in [0.1, 0.15) is 5.82 Å².